The summed E-state index contributed by atoms with van der Waals surface area (Å²) in [5, 5.41) is 12.9. The summed E-state index contributed by atoms with van der Waals surface area (Å²) in [6.07, 6.45) is 0. The summed E-state index contributed by atoms with van der Waals surface area (Å²) in [6, 6.07) is 45.2. The highest BCUT2D eigenvalue weighted by Gasteiger charge is 2.17. The van der Waals surface area contributed by atoms with E-state index in [2.05, 4.69) is 158 Å². The van der Waals surface area contributed by atoms with Crippen molar-refractivity contribution in [2.75, 3.05) is 0 Å². The van der Waals surface area contributed by atoms with Crippen molar-refractivity contribution in [3.05, 3.63) is 142 Å². The second-order valence-electron chi connectivity index (χ2n) is 11.7. The molecule has 0 spiro atoms. The Bertz CT molecular complexity index is 2370. The second kappa shape index (κ2) is 9.54. The van der Waals surface area contributed by atoms with Crippen molar-refractivity contribution in [2.45, 2.75) is 20.8 Å². The van der Waals surface area contributed by atoms with Crippen LogP contribution in [0.15, 0.2) is 126 Å². The molecule has 0 N–H and O–H groups in total. The Hall–Kier alpha value is -4.46. The first-order valence-corrected chi connectivity index (χ1v) is 15.3. The van der Waals surface area contributed by atoms with Crippen LogP contribution < -0.4 is 0 Å². The van der Waals surface area contributed by atoms with Gasteiger partial charge in [0.15, 0.2) is 0 Å². The van der Waals surface area contributed by atoms with Gasteiger partial charge in [-0.15, -0.1) is 0 Å². The van der Waals surface area contributed by atoms with Crippen molar-refractivity contribution in [1.82, 2.24) is 0 Å². The number of hydrogen-bond acceptors (Lipinski definition) is 0. The van der Waals surface area contributed by atoms with E-state index in [1.807, 2.05) is 0 Å². The Morgan fingerprint density at radius 1 is 0.429 bits per heavy atom. The molecule has 0 bridgehead atoms. The third-order valence-corrected chi connectivity index (χ3v) is 9.40. The lowest BCUT2D eigenvalue weighted by molar-refractivity contribution is 1.33. The zero-order chi connectivity index (χ0) is 28.5. The van der Waals surface area contributed by atoms with Gasteiger partial charge in [0.05, 0.1) is 0 Å². The van der Waals surface area contributed by atoms with E-state index in [4.69, 9.17) is 0 Å². The number of benzene rings is 8. The summed E-state index contributed by atoms with van der Waals surface area (Å²) in [5.74, 6) is 0. The molecule has 0 nitrogen and oxygen atoms in total. The SMILES string of the molecule is Cc1cc(C)c(-c2c3ccccc3cc3c2ccc2ccc4cc5cccc(-c6cccc(Br)c6)c5cc4c23)c(C)c1. The molecule has 0 saturated heterocycles. The van der Waals surface area contributed by atoms with Crippen LogP contribution in [0.1, 0.15) is 16.7 Å². The van der Waals surface area contributed by atoms with Crippen molar-refractivity contribution in [3.8, 4) is 22.3 Å². The van der Waals surface area contributed by atoms with Gasteiger partial charge in [-0.2, -0.15) is 0 Å². The van der Waals surface area contributed by atoms with Crippen LogP contribution >= 0.6 is 15.9 Å². The normalized spacial score (nSPS) is 11.8. The second-order valence-corrected chi connectivity index (χ2v) is 12.6. The minimum atomic E-state index is 1.09. The highest BCUT2D eigenvalue weighted by atomic mass is 79.9. The van der Waals surface area contributed by atoms with Crippen LogP contribution in [0.2, 0.25) is 0 Å². The van der Waals surface area contributed by atoms with E-state index in [1.165, 1.54) is 92.8 Å². The molecular formula is C41H29Br. The maximum absolute atomic E-state index is 3.68. The molecule has 0 aromatic heterocycles. The fourth-order valence-corrected chi connectivity index (χ4v) is 7.62. The van der Waals surface area contributed by atoms with Crippen LogP contribution in [0.4, 0.5) is 0 Å². The first kappa shape index (κ1) is 25.3. The van der Waals surface area contributed by atoms with Crippen LogP contribution in [0.5, 0.6) is 0 Å². The Kier molecular flexibility index (Phi) is 5.74. The fraction of sp³-hybridized carbons (Fsp3) is 0.0732. The molecule has 200 valence electrons. The van der Waals surface area contributed by atoms with E-state index in [-0.39, 0.29) is 0 Å². The molecule has 0 radical (unpaired) electrons. The molecule has 0 saturated carbocycles. The number of hydrogen-bond donors (Lipinski definition) is 0. The van der Waals surface area contributed by atoms with E-state index in [1.54, 1.807) is 0 Å². The molecule has 0 amide bonds. The van der Waals surface area contributed by atoms with Gasteiger partial charge in [-0.1, -0.05) is 112 Å². The van der Waals surface area contributed by atoms with Gasteiger partial charge in [-0.3, -0.25) is 0 Å². The average molecular weight is 602 g/mol. The molecule has 0 heterocycles. The summed E-state index contributed by atoms with van der Waals surface area (Å²) < 4.78 is 1.09. The maximum atomic E-state index is 3.68. The largest absolute Gasteiger partial charge is 0.0616 e. The quantitative estimate of drug-likeness (QED) is 0.137. The smallest absolute Gasteiger partial charge is 0.0181 e. The van der Waals surface area contributed by atoms with Gasteiger partial charge in [0.25, 0.3) is 0 Å². The lowest BCUT2D eigenvalue weighted by Crippen LogP contribution is -1.94. The number of halogens is 1. The number of rotatable bonds is 2. The Labute approximate surface area is 254 Å². The minimum Gasteiger partial charge on any atom is -0.0616 e. The maximum Gasteiger partial charge on any atom is 0.0181 e. The van der Waals surface area contributed by atoms with Gasteiger partial charge in [0.2, 0.25) is 0 Å². The van der Waals surface area contributed by atoms with Gasteiger partial charge in [0, 0.05) is 4.47 Å². The molecule has 8 aromatic rings. The predicted octanol–water partition coefficient (Wildman–Crippen LogP) is 12.5. The Morgan fingerprint density at radius 2 is 1.12 bits per heavy atom. The number of aryl methyl sites for hydroxylation is 3. The van der Waals surface area contributed by atoms with Crippen LogP contribution in [0.25, 0.3) is 76.1 Å². The third-order valence-electron chi connectivity index (χ3n) is 8.90. The lowest BCUT2D eigenvalue weighted by atomic mass is 9.84. The molecule has 0 atom stereocenters. The van der Waals surface area contributed by atoms with E-state index < -0.39 is 0 Å². The fourth-order valence-electron chi connectivity index (χ4n) is 7.22. The van der Waals surface area contributed by atoms with Crippen molar-refractivity contribution in [3.63, 3.8) is 0 Å². The van der Waals surface area contributed by atoms with Gasteiger partial charge in [-0.25, -0.2) is 0 Å². The molecule has 0 fully saturated rings. The van der Waals surface area contributed by atoms with Crippen LogP contribution in [0, 0.1) is 20.8 Å². The first-order valence-electron chi connectivity index (χ1n) is 14.5. The lowest BCUT2D eigenvalue weighted by Gasteiger charge is -2.19. The van der Waals surface area contributed by atoms with E-state index in [0.717, 1.165) is 4.47 Å². The molecular weight excluding hydrogens is 572 g/mol. The van der Waals surface area contributed by atoms with Crippen LogP contribution in [-0.2, 0) is 0 Å². The molecule has 1 heteroatoms. The number of fused-ring (bicyclic) bond motifs is 7. The summed E-state index contributed by atoms with van der Waals surface area (Å²) >= 11 is 3.68. The van der Waals surface area contributed by atoms with Crippen molar-refractivity contribution < 1.29 is 0 Å². The predicted molar refractivity (Wildman–Crippen MR) is 187 cm³/mol. The zero-order valence-corrected chi connectivity index (χ0v) is 25.5. The average Bonchev–Trinajstić information content (AvgIpc) is 2.98. The summed E-state index contributed by atoms with van der Waals surface area (Å²) in [4.78, 5) is 0. The highest BCUT2D eigenvalue weighted by molar-refractivity contribution is 9.10. The van der Waals surface area contributed by atoms with Crippen molar-refractivity contribution >= 4 is 69.8 Å². The monoisotopic (exact) mass is 600 g/mol. The molecule has 0 unspecified atom stereocenters. The van der Waals surface area contributed by atoms with Crippen molar-refractivity contribution in [1.29, 1.82) is 0 Å². The topological polar surface area (TPSA) is 0 Å². The van der Waals surface area contributed by atoms with Gasteiger partial charge in [-0.05, 0) is 138 Å². The standard InChI is InChI=1S/C41H29Br/c1-24-18-25(2)39(26(3)19-24)41-34-12-5-4-8-30(34)22-38-35(41)17-16-27-14-15-31-20-28-10-7-13-33(29-9-6-11-32(42)21-29)36(28)23-37(31)40(27)38/h4-23H,1-3H3. The molecule has 0 aliphatic carbocycles. The highest BCUT2D eigenvalue weighted by Crippen LogP contribution is 2.44. The van der Waals surface area contributed by atoms with Gasteiger partial charge >= 0.3 is 0 Å². The van der Waals surface area contributed by atoms with Crippen LogP contribution in [0.3, 0.4) is 0 Å². The van der Waals surface area contributed by atoms with E-state index in [0.29, 0.717) is 0 Å². The van der Waals surface area contributed by atoms with E-state index in [9.17, 15) is 0 Å². The Morgan fingerprint density at radius 3 is 1.95 bits per heavy atom. The molecule has 42 heavy (non-hydrogen) atoms. The third kappa shape index (κ3) is 3.88. The van der Waals surface area contributed by atoms with Crippen LogP contribution in [-0.4, -0.2) is 0 Å². The summed E-state index contributed by atoms with van der Waals surface area (Å²) in [5.41, 5.74) is 9.13. The van der Waals surface area contributed by atoms with E-state index >= 15 is 0 Å². The Balaban J connectivity index is 1.55. The summed E-state index contributed by atoms with van der Waals surface area (Å²) in [7, 11) is 0. The minimum absolute atomic E-state index is 1.09. The summed E-state index contributed by atoms with van der Waals surface area (Å²) in [6.45, 7) is 6.71. The van der Waals surface area contributed by atoms with Gasteiger partial charge < -0.3 is 0 Å². The van der Waals surface area contributed by atoms with Gasteiger partial charge in [0.1, 0.15) is 0 Å². The molecule has 0 aliphatic rings. The van der Waals surface area contributed by atoms with Crippen molar-refractivity contribution in [2.24, 2.45) is 0 Å². The zero-order valence-electron chi connectivity index (χ0n) is 23.9. The molecule has 8 aromatic carbocycles. The first-order chi connectivity index (χ1) is 20.5. The molecule has 8 rings (SSSR count). The molecule has 0 aliphatic heterocycles.